The molecule has 0 aliphatic heterocycles. The summed E-state index contributed by atoms with van der Waals surface area (Å²) in [5.41, 5.74) is 11.7. The van der Waals surface area contributed by atoms with E-state index in [-0.39, 0.29) is 0 Å². The van der Waals surface area contributed by atoms with Gasteiger partial charge in [0.25, 0.3) is 0 Å². The number of aromatic nitrogens is 5. The normalized spacial score (nSPS) is 11.2. The second-order valence-electron chi connectivity index (χ2n) is 23.4. The molecule has 7 heteroatoms. The average molecular weight is 959 g/mol. The zero-order valence-corrected chi connectivity index (χ0v) is 48.3. The Morgan fingerprint density at radius 2 is 0.857 bits per heavy atom. The number of hydrogen-bond acceptors (Lipinski definition) is 7. The van der Waals surface area contributed by atoms with Gasteiger partial charge in [0.05, 0.1) is 11.9 Å². The maximum atomic E-state index is 4.65. The van der Waals surface area contributed by atoms with Gasteiger partial charge < -0.3 is 10.6 Å². The first kappa shape index (κ1) is 63.4. The van der Waals surface area contributed by atoms with E-state index in [1.807, 2.05) is 49.2 Å². The SMILES string of the molecule is CC(C)Cc1cccc(CC(C)C)n1.CC(C)Cc1cccnc1CC(C)C.CC(C)Cc1ccnc(CC(C)C)c1.CC(C)Cc1cncc(CC(C)C)c1.CC(C)Nc1ccc(NC(C)C)nc1. The zero-order chi connectivity index (χ0) is 52.8. The number of pyridine rings is 5. The van der Waals surface area contributed by atoms with Crippen LogP contribution >= 0.6 is 0 Å². The molecule has 5 heterocycles. The summed E-state index contributed by atoms with van der Waals surface area (Å²) in [7, 11) is 0. The molecular formula is C63H103N7. The van der Waals surface area contributed by atoms with Crippen LogP contribution in [0.15, 0.2) is 91.6 Å². The molecule has 2 N–H and O–H groups in total. The Morgan fingerprint density at radius 1 is 0.371 bits per heavy atom. The molecule has 0 aliphatic carbocycles. The quantitative estimate of drug-likeness (QED) is 0.0803. The van der Waals surface area contributed by atoms with Crippen LogP contribution in [0.2, 0.25) is 0 Å². The highest BCUT2D eigenvalue weighted by Gasteiger charge is 2.08. The van der Waals surface area contributed by atoms with Crippen molar-refractivity contribution in [1.82, 2.24) is 24.9 Å². The van der Waals surface area contributed by atoms with Gasteiger partial charge in [-0.3, -0.25) is 19.9 Å². The first-order valence-corrected chi connectivity index (χ1v) is 27.1. The van der Waals surface area contributed by atoms with E-state index in [9.17, 15) is 0 Å². The lowest BCUT2D eigenvalue weighted by Crippen LogP contribution is -2.12. The Labute approximate surface area is 431 Å². The van der Waals surface area contributed by atoms with Crippen LogP contribution in [0, 0.1) is 47.3 Å². The minimum absolute atomic E-state index is 0.423. The highest BCUT2D eigenvalue weighted by Crippen LogP contribution is 2.17. The Hall–Kier alpha value is -4.65. The minimum atomic E-state index is 0.423. The predicted molar refractivity (Wildman–Crippen MR) is 307 cm³/mol. The number of nitrogens with one attached hydrogen (secondary N) is 2. The van der Waals surface area contributed by atoms with Crippen molar-refractivity contribution in [1.29, 1.82) is 0 Å². The van der Waals surface area contributed by atoms with Gasteiger partial charge in [0.1, 0.15) is 5.82 Å². The van der Waals surface area contributed by atoms with Crippen molar-refractivity contribution in [3.8, 4) is 0 Å². The number of anilines is 2. The van der Waals surface area contributed by atoms with E-state index in [2.05, 4.69) is 216 Å². The zero-order valence-electron chi connectivity index (χ0n) is 48.3. The van der Waals surface area contributed by atoms with Crippen molar-refractivity contribution in [2.45, 2.75) is 202 Å². The molecule has 0 saturated heterocycles. The molecule has 5 rings (SSSR count). The maximum absolute atomic E-state index is 4.65. The summed E-state index contributed by atoms with van der Waals surface area (Å²) < 4.78 is 0. The van der Waals surface area contributed by atoms with Crippen LogP contribution < -0.4 is 10.6 Å². The minimum Gasteiger partial charge on any atom is -0.382 e. The summed E-state index contributed by atoms with van der Waals surface area (Å²) in [6.45, 7) is 44.3. The Kier molecular flexibility index (Phi) is 32.1. The van der Waals surface area contributed by atoms with Crippen molar-refractivity contribution in [2.75, 3.05) is 10.6 Å². The standard InChI is InChI=1S/4C13H21N.C11H19N3/c1-10(2)5-12-7-13(6-11(3)4)9-14-8-12;1-10(2)7-12-5-6-14-13(9-12)8-11(3)4;1-10(2)8-12-6-5-7-14-13(12)9-11(3)4;1-10(2)8-12-6-5-7-13(14-12)9-11(3)4;1-8(2)13-10-5-6-11(12-7-10)14-9(3)4/h7-11H,5-6H2,1-4H3;5-6,9-11H,7-8H2,1-4H3;2*5-7,10-11H,8-9H2,1-4H3;5-9,13H,1-4H3,(H,12,14). The van der Waals surface area contributed by atoms with Gasteiger partial charge in [-0.15, -0.1) is 0 Å². The van der Waals surface area contributed by atoms with Crippen LogP contribution in [0.5, 0.6) is 0 Å². The maximum Gasteiger partial charge on any atom is 0.126 e. The van der Waals surface area contributed by atoms with Crippen LogP contribution in [-0.2, 0) is 51.4 Å². The lowest BCUT2D eigenvalue weighted by Gasteiger charge is -2.12. The second kappa shape index (κ2) is 35.5. The average Bonchev–Trinajstić information content (AvgIpc) is 3.22. The van der Waals surface area contributed by atoms with Crippen molar-refractivity contribution < 1.29 is 0 Å². The van der Waals surface area contributed by atoms with Crippen molar-refractivity contribution >= 4 is 11.5 Å². The number of nitrogens with zero attached hydrogens (tertiary/aromatic N) is 5. The molecule has 7 nitrogen and oxygen atoms in total. The summed E-state index contributed by atoms with van der Waals surface area (Å²) in [6, 6.07) is 22.2. The van der Waals surface area contributed by atoms with Gasteiger partial charge in [0, 0.05) is 59.6 Å². The van der Waals surface area contributed by atoms with Crippen molar-refractivity contribution in [2.24, 2.45) is 47.3 Å². The van der Waals surface area contributed by atoms with Gasteiger partial charge in [-0.1, -0.05) is 129 Å². The molecular weight excluding hydrogens is 855 g/mol. The van der Waals surface area contributed by atoms with E-state index in [0.29, 0.717) is 53.5 Å². The number of hydrogen-bond donors (Lipinski definition) is 2. The van der Waals surface area contributed by atoms with Crippen LogP contribution in [0.4, 0.5) is 11.5 Å². The van der Waals surface area contributed by atoms with Crippen LogP contribution in [-0.4, -0.2) is 37.0 Å². The van der Waals surface area contributed by atoms with E-state index in [1.165, 1.54) is 45.0 Å². The molecule has 0 fully saturated rings. The second-order valence-corrected chi connectivity index (χ2v) is 23.4. The van der Waals surface area contributed by atoms with Gasteiger partial charge in [-0.25, -0.2) is 4.98 Å². The molecule has 0 amide bonds. The third-order valence-electron chi connectivity index (χ3n) is 10.3. The topological polar surface area (TPSA) is 88.5 Å². The molecule has 0 aliphatic rings. The molecule has 70 heavy (non-hydrogen) atoms. The van der Waals surface area contributed by atoms with Crippen LogP contribution in [0.1, 0.15) is 184 Å². The lowest BCUT2D eigenvalue weighted by molar-refractivity contribution is 0.605. The van der Waals surface area contributed by atoms with Gasteiger partial charge in [0.2, 0.25) is 0 Å². The van der Waals surface area contributed by atoms with Crippen molar-refractivity contribution in [3.63, 3.8) is 0 Å². The van der Waals surface area contributed by atoms with Gasteiger partial charge in [-0.2, -0.15) is 0 Å². The molecule has 0 bridgehead atoms. The summed E-state index contributed by atoms with van der Waals surface area (Å²) in [5.74, 6) is 6.56. The first-order chi connectivity index (χ1) is 32.9. The van der Waals surface area contributed by atoms with Gasteiger partial charge >= 0.3 is 0 Å². The lowest BCUT2D eigenvalue weighted by atomic mass is 9.97. The summed E-state index contributed by atoms with van der Waals surface area (Å²) in [6.07, 6.45) is 18.6. The summed E-state index contributed by atoms with van der Waals surface area (Å²) >= 11 is 0. The third kappa shape index (κ3) is 33.0. The molecule has 0 unspecified atom stereocenters. The Bertz CT molecular complexity index is 1790. The van der Waals surface area contributed by atoms with Gasteiger partial charge in [-0.05, 0) is 191 Å². The first-order valence-electron chi connectivity index (χ1n) is 27.1. The molecule has 5 aromatic heterocycles. The monoisotopic (exact) mass is 958 g/mol. The van der Waals surface area contributed by atoms with Crippen LogP contribution in [0.3, 0.4) is 0 Å². The fourth-order valence-corrected chi connectivity index (χ4v) is 7.82. The van der Waals surface area contributed by atoms with Crippen molar-refractivity contribution in [3.05, 3.63) is 137 Å². The Morgan fingerprint density at radius 3 is 1.31 bits per heavy atom. The van der Waals surface area contributed by atoms with E-state index >= 15 is 0 Å². The molecule has 0 saturated carbocycles. The van der Waals surface area contributed by atoms with Crippen LogP contribution in [0.25, 0.3) is 0 Å². The smallest absolute Gasteiger partial charge is 0.126 e. The third-order valence-corrected chi connectivity index (χ3v) is 10.3. The van der Waals surface area contributed by atoms with E-state index < -0.39 is 0 Å². The van der Waals surface area contributed by atoms with E-state index in [4.69, 9.17) is 0 Å². The molecule has 0 spiro atoms. The Balaban J connectivity index is 0.000000437. The van der Waals surface area contributed by atoms with E-state index in [1.54, 1.807) is 0 Å². The van der Waals surface area contributed by atoms with E-state index in [0.717, 1.165) is 68.8 Å². The summed E-state index contributed by atoms with van der Waals surface area (Å²) in [5, 5.41) is 6.54. The highest BCUT2D eigenvalue weighted by molar-refractivity contribution is 5.47. The molecule has 0 aromatic carbocycles. The predicted octanol–water partition coefficient (Wildman–Crippen LogP) is 16.6. The summed E-state index contributed by atoms with van der Waals surface area (Å²) in [4.78, 5) is 22.1. The fraction of sp³-hybridized carbons (Fsp3) is 0.603. The molecule has 390 valence electrons. The highest BCUT2D eigenvalue weighted by atomic mass is 15.0. The largest absolute Gasteiger partial charge is 0.382 e. The number of rotatable bonds is 20. The van der Waals surface area contributed by atoms with Gasteiger partial charge in [0.15, 0.2) is 0 Å². The fourth-order valence-electron chi connectivity index (χ4n) is 7.82. The molecule has 0 atom stereocenters. The molecule has 5 aromatic rings. The molecule has 0 radical (unpaired) electrons.